The molecule has 0 aliphatic carbocycles. The topological polar surface area (TPSA) is 147 Å². The number of carbonyl (C=O) groups excluding carboxylic acids is 1. The predicted molar refractivity (Wildman–Crippen MR) is 151 cm³/mol. The van der Waals surface area contributed by atoms with Gasteiger partial charge in [-0.3, -0.25) is 14.4 Å². The first-order valence-corrected chi connectivity index (χ1v) is 14.0. The minimum Gasteiger partial charge on any atom is -0.395 e. The Hall–Kier alpha value is -4.16. The van der Waals surface area contributed by atoms with Crippen LogP contribution in [-0.4, -0.2) is 65.5 Å². The Balaban J connectivity index is 1.26. The smallest absolute Gasteiger partial charge is 0.293 e. The first-order valence-electron chi connectivity index (χ1n) is 14.0. The number of hydrogen-bond donors (Lipinski definition) is 3. The quantitative estimate of drug-likeness (QED) is 0.309. The maximum atomic E-state index is 13.1. The summed E-state index contributed by atoms with van der Waals surface area (Å²) in [6.07, 6.45) is 6.34. The van der Waals surface area contributed by atoms with E-state index in [0.717, 1.165) is 47.5 Å². The van der Waals surface area contributed by atoms with Crippen molar-refractivity contribution in [1.82, 2.24) is 40.1 Å². The molecule has 41 heavy (non-hydrogen) atoms. The summed E-state index contributed by atoms with van der Waals surface area (Å²) in [5.74, 6) is 0.578. The second-order valence-electron chi connectivity index (χ2n) is 11.6. The molecule has 4 aromatic rings. The van der Waals surface area contributed by atoms with E-state index >= 15 is 0 Å². The van der Waals surface area contributed by atoms with Gasteiger partial charge in [-0.25, -0.2) is 9.97 Å². The van der Waals surface area contributed by atoms with Crippen molar-refractivity contribution in [3.05, 3.63) is 65.2 Å². The molecular weight excluding hydrogens is 522 g/mol. The first kappa shape index (κ1) is 27.0. The fraction of sp³-hybridized carbons (Fsp3) is 0.448. The first-order chi connectivity index (χ1) is 19.8. The molecule has 214 valence electrons. The van der Waals surface area contributed by atoms with Crippen molar-refractivity contribution in [2.75, 3.05) is 25.0 Å². The third-order valence-corrected chi connectivity index (χ3v) is 7.57. The molecule has 0 bridgehead atoms. The summed E-state index contributed by atoms with van der Waals surface area (Å²) in [6.45, 7) is 8.77. The summed E-state index contributed by atoms with van der Waals surface area (Å²) >= 11 is 0. The average molecular weight is 558 g/mol. The molecule has 12 nitrogen and oxygen atoms in total. The van der Waals surface area contributed by atoms with Gasteiger partial charge in [0.25, 0.3) is 11.7 Å². The Kier molecular flexibility index (Phi) is 7.26. The van der Waals surface area contributed by atoms with Crippen molar-refractivity contribution >= 4 is 17.5 Å². The summed E-state index contributed by atoms with van der Waals surface area (Å²) < 4.78 is 7.35. The molecule has 1 amide bonds. The number of benzene rings is 1. The number of amides is 1. The monoisotopic (exact) mass is 557 g/mol. The maximum Gasteiger partial charge on any atom is 0.293 e. The van der Waals surface area contributed by atoms with Gasteiger partial charge in [-0.05, 0) is 42.5 Å². The number of fused-ring (bicyclic) bond motifs is 2. The molecule has 3 aromatic heterocycles. The molecule has 6 rings (SSSR count). The van der Waals surface area contributed by atoms with E-state index in [9.17, 15) is 9.90 Å². The predicted octanol–water partition coefficient (Wildman–Crippen LogP) is 3.38. The zero-order valence-corrected chi connectivity index (χ0v) is 23.6. The molecule has 0 spiro atoms. The van der Waals surface area contributed by atoms with E-state index in [0.29, 0.717) is 37.9 Å². The third kappa shape index (κ3) is 5.70. The molecule has 0 saturated carbocycles. The highest BCUT2D eigenvalue weighted by molar-refractivity contribution is 5.90. The Morgan fingerprint density at radius 3 is 2.88 bits per heavy atom. The average Bonchev–Trinajstić information content (AvgIpc) is 3.68. The van der Waals surface area contributed by atoms with E-state index in [1.807, 2.05) is 43.8 Å². The zero-order chi connectivity index (χ0) is 28.6. The van der Waals surface area contributed by atoms with Crippen LogP contribution in [0.5, 0.6) is 0 Å². The van der Waals surface area contributed by atoms with Crippen LogP contribution >= 0.6 is 0 Å². The van der Waals surface area contributed by atoms with Gasteiger partial charge in [-0.15, -0.1) is 0 Å². The van der Waals surface area contributed by atoms with E-state index in [-0.39, 0.29) is 29.8 Å². The van der Waals surface area contributed by atoms with Gasteiger partial charge in [0.1, 0.15) is 0 Å². The van der Waals surface area contributed by atoms with Gasteiger partial charge in [0.2, 0.25) is 11.8 Å². The molecule has 0 fully saturated rings. The van der Waals surface area contributed by atoms with Gasteiger partial charge in [0.05, 0.1) is 35.9 Å². The van der Waals surface area contributed by atoms with Crippen LogP contribution in [0.25, 0.3) is 11.3 Å². The summed E-state index contributed by atoms with van der Waals surface area (Å²) in [4.78, 5) is 28.9. The zero-order valence-electron chi connectivity index (χ0n) is 23.6. The number of anilines is 2. The van der Waals surface area contributed by atoms with Crippen molar-refractivity contribution in [2.24, 2.45) is 0 Å². The fourth-order valence-corrected chi connectivity index (χ4v) is 5.42. The highest BCUT2D eigenvalue weighted by Crippen LogP contribution is 2.32. The minimum absolute atomic E-state index is 0.0228. The summed E-state index contributed by atoms with van der Waals surface area (Å²) in [5.41, 5.74) is 5.58. The SMILES string of the molecule is CC(C)(C)c1nc(C(=O)N[C@@H]2CCN(CCO)Cc3cc(-c4ccnc(Nc5cnn6c5CCC6)n4)ccc32)no1. The minimum atomic E-state index is -0.377. The van der Waals surface area contributed by atoms with E-state index in [4.69, 9.17) is 9.51 Å². The van der Waals surface area contributed by atoms with Gasteiger partial charge in [-0.1, -0.05) is 38.1 Å². The van der Waals surface area contributed by atoms with Crippen LogP contribution in [0.4, 0.5) is 11.6 Å². The fourth-order valence-electron chi connectivity index (χ4n) is 5.42. The van der Waals surface area contributed by atoms with Crippen LogP contribution in [0.2, 0.25) is 0 Å². The Labute approximate surface area is 238 Å². The van der Waals surface area contributed by atoms with Crippen LogP contribution in [0.1, 0.15) is 73.0 Å². The van der Waals surface area contributed by atoms with Crippen molar-refractivity contribution in [1.29, 1.82) is 0 Å². The number of rotatable bonds is 7. The molecule has 2 aliphatic heterocycles. The number of aliphatic hydroxyl groups excluding tert-OH is 1. The van der Waals surface area contributed by atoms with Gasteiger partial charge in [-0.2, -0.15) is 10.1 Å². The molecule has 0 unspecified atom stereocenters. The van der Waals surface area contributed by atoms with Gasteiger partial charge in [0.15, 0.2) is 0 Å². The number of aliphatic hydroxyl groups is 1. The van der Waals surface area contributed by atoms with Crippen LogP contribution < -0.4 is 10.6 Å². The second-order valence-corrected chi connectivity index (χ2v) is 11.6. The number of β-amino-alcohol motifs (C(OH)–C–C–N with tert-alkyl or cyclic N) is 1. The highest BCUT2D eigenvalue weighted by Gasteiger charge is 2.28. The van der Waals surface area contributed by atoms with Gasteiger partial charge in [0, 0.05) is 43.4 Å². The molecular formula is C29H35N9O3. The number of nitrogens with zero attached hydrogens (tertiary/aromatic N) is 7. The third-order valence-electron chi connectivity index (χ3n) is 7.57. The highest BCUT2D eigenvalue weighted by atomic mass is 16.5. The number of nitrogens with one attached hydrogen (secondary N) is 2. The molecule has 5 heterocycles. The van der Waals surface area contributed by atoms with E-state index < -0.39 is 0 Å². The Morgan fingerprint density at radius 1 is 1.20 bits per heavy atom. The Bertz CT molecular complexity index is 1560. The lowest BCUT2D eigenvalue weighted by Crippen LogP contribution is -2.31. The standard InChI is InChI=1S/C29H35N9O3/c1-29(2,3)27-35-25(36-41-27)26(40)32-22-9-12-37(13-14-39)17-19-15-18(6-7-20(19)22)21-8-10-30-28(33-21)34-23-16-31-38-11-4-5-24(23)38/h6-8,10,15-16,22,39H,4-5,9,11-14,17H2,1-3H3,(H,32,40)(H,30,33,34)/t22-/m1/s1. The molecule has 3 N–H and O–H groups in total. The lowest BCUT2D eigenvalue weighted by atomic mass is 9.96. The lowest BCUT2D eigenvalue weighted by Gasteiger charge is -2.19. The van der Waals surface area contributed by atoms with Crippen LogP contribution in [0.15, 0.2) is 41.2 Å². The molecule has 1 aromatic carbocycles. The number of hydrogen-bond acceptors (Lipinski definition) is 10. The van der Waals surface area contributed by atoms with Crippen molar-refractivity contribution in [3.63, 3.8) is 0 Å². The summed E-state index contributed by atoms with van der Waals surface area (Å²) in [7, 11) is 0. The van der Waals surface area contributed by atoms with Crippen molar-refractivity contribution < 1.29 is 14.4 Å². The number of carbonyl (C=O) groups is 1. The van der Waals surface area contributed by atoms with Gasteiger partial charge >= 0.3 is 0 Å². The lowest BCUT2D eigenvalue weighted by molar-refractivity contribution is 0.0918. The molecule has 2 aliphatic rings. The van der Waals surface area contributed by atoms with Crippen molar-refractivity contribution in [2.45, 2.75) is 64.6 Å². The van der Waals surface area contributed by atoms with Crippen LogP contribution in [0, 0.1) is 0 Å². The largest absolute Gasteiger partial charge is 0.395 e. The van der Waals surface area contributed by atoms with E-state index in [1.165, 1.54) is 5.69 Å². The normalized spacial score (nSPS) is 17.1. The number of aromatic nitrogens is 6. The van der Waals surface area contributed by atoms with Crippen LogP contribution in [0.3, 0.4) is 0 Å². The molecule has 0 saturated heterocycles. The number of aryl methyl sites for hydroxylation is 1. The van der Waals surface area contributed by atoms with Crippen LogP contribution in [-0.2, 0) is 24.9 Å². The molecule has 12 heteroatoms. The summed E-state index contributed by atoms with van der Waals surface area (Å²) in [5, 5.41) is 24.5. The second kappa shape index (κ2) is 11.0. The van der Waals surface area contributed by atoms with Gasteiger partial charge < -0.3 is 20.3 Å². The van der Waals surface area contributed by atoms with Crippen molar-refractivity contribution in [3.8, 4) is 11.3 Å². The molecule has 1 atom stereocenters. The molecule has 0 radical (unpaired) electrons. The Morgan fingerprint density at radius 2 is 2.07 bits per heavy atom. The summed E-state index contributed by atoms with van der Waals surface area (Å²) in [6, 6.07) is 7.82. The van der Waals surface area contributed by atoms with E-state index in [2.05, 4.69) is 47.9 Å². The maximum absolute atomic E-state index is 13.1. The van der Waals surface area contributed by atoms with E-state index in [1.54, 1.807) is 6.20 Å².